The summed E-state index contributed by atoms with van der Waals surface area (Å²) < 4.78 is 0. The van der Waals surface area contributed by atoms with Gasteiger partial charge in [0.25, 0.3) is 5.91 Å². The first-order valence-corrected chi connectivity index (χ1v) is 9.14. The highest BCUT2D eigenvalue weighted by Crippen LogP contribution is 2.41. The fourth-order valence-corrected chi connectivity index (χ4v) is 3.74. The van der Waals surface area contributed by atoms with Gasteiger partial charge < -0.3 is 5.11 Å². The molecule has 0 saturated heterocycles. The van der Waals surface area contributed by atoms with Gasteiger partial charge in [-0.15, -0.1) is 11.3 Å². The number of rotatable bonds is 4. The molecule has 0 spiro atoms. The molecule has 27 heavy (non-hydrogen) atoms. The van der Waals surface area contributed by atoms with Crippen molar-refractivity contribution in [2.24, 2.45) is 0 Å². The molecule has 0 radical (unpaired) electrons. The quantitative estimate of drug-likeness (QED) is 0.702. The number of aliphatic hydroxyl groups is 1. The highest BCUT2D eigenvalue weighted by Gasteiger charge is 2.45. The fraction of sp³-hybridized carbons (Fsp3) is 0.100. The first kappa shape index (κ1) is 17.1. The third-order valence-corrected chi connectivity index (χ3v) is 5.23. The van der Waals surface area contributed by atoms with Gasteiger partial charge in [-0.25, -0.2) is 9.97 Å². The van der Waals surface area contributed by atoms with Gasteiger partial charge in [0.05, 0.1) is 16.5 Å². The Balaban J connectivity index is 1.88. The highest BCUT2D eigenvalue weighted by molar-refractivity contribution is 7.12. The maximum Gasteiger partial charge on any atom is 0.296 e. The Morgan fingerprint density at radius 2 is 1.81 bits per heavy atom. The summed E-state index contributed by atoms with van der Waals surface area (Å²) in [5.41, 5.74) is 1.79. The third kappa shape index (κ3) is 2.92. The standard InChI is InChI=1S/C20H15N3O3S/c1-12-5-7-13(8-6-12)16-15(17(24)14-4-2-11-27-14)18(25)19(26)23(16)20-21-9-3-10-22-20/h2-11,16,25H,1H3. The van der Waals surface area contributed by atoms with E-state index in [1.807, 2.05) is 31.2 Å². The molecule has 0 bridgehead atoms. The second-order valence-corrected chi connectivity index (χ2v) is 7.05. The Hall–Kier alpha value is -3.32. The minimum absolute atomic E-state index is 0.0405. The van der Waals surface area contributed by atoms with Gasteiger partial charge in [-0.3, -0.25) is 14.5 Å². The summed E-state index contributed by atoms with van der Waals surface area (Å²) in [7, 11) is 0. The Labute approximate surface area is 159 Å². The van der Waals surface area contributed by atoms with Crippen LogP contribution in [0.25, 0.3) is 0 Å². The molecule has 0 saturated carbocycles. The van der Waals surface area contributed by atoms with Gasteiger partial charge >= 0.3 is 0 Å². The average Bonchev–Trinajstić information content (AvgIpc) is 3.31. The number of anilines is 1. The van der Waals surface area contributed by atoms with Crippen molar-refractivity contribution in [3.63, 3.8) is 0 Å². The number of aromatic nitrogens is 2. The molecule has 1 aliphatic rings. The van der Waals surface area contributed by atoms with Gasteiger partial charge in [-0.1, -0.05) is 35.9 Å². The predicted molar refractivity (Wildman–Crippen MR) is 102 cm³/mol. The molecule has 1 aliphatic heterocycles. The number of hydrogen-bond donors (Lipinski definition) is 1. The second kappa shape index (κ2) is 6.77. The summed E-state index contributed by atoms with van der Waals surface area (Å²) in [5.74, 6) is -1.49. The number of Topliss-reactive ketones (excluding diaryl/α,β-unsaturated/α-hetero) is 1. The van der Waals surface area contributed by atoms with Crippen LogP contribution in [0.1, 0.15) is 26.8 Å². The number of amides is 1. The molecule has 6 nitrogen and oxygen atoms in total. The first-order valence-electron chi connectivity index (χ1n) is 8.26. The number of ketones is 1. The molecular weight excluding hydrogens is 362 g/mol. The molecule has 0 fully saturated rings. The zero-order valence-electron chi connectivity index (χ0n) is 14.4. The first-order chi connectivity index (χ1) is 13.1. The number of aryl methyl sites for hydroxylation is 1. The molecule has 4 rings (SSSR count). The van der Waals surface area contributed by atoms with E-state index in [4.69, 9.17) is 0 Å². The third-order valence-electron chi connectivity index (χ3n) is 4.36. The van der Waals surface area contributed by atoms with Crippen LogP contribution in [0.2, 0.25) is 0 Å². The molecule has 0 aliphatic carbocycles. The summed E-state index contributed by atoms with van der Waals surface area (Å²) in [4.78, 5) is 35.9. The smallest absolute Gasteiger partial charge is 0.296 e. The van der Waals surface area contributed by atoms with Crippen LogP contribution in [0.5, 0.6) is 0 Å². The Bertz CT molecular complexity index is 1030. The lowest BCUT2D eigenvalue weighted by molar-refractivity contribution is -0.117. The number of hydrogen-bond acceptors (Lipinski definition) is 6. The lowest BCUT2D eigenvalue weighted by Gasteiger charge is -2.24. The molecule has 134 valence electrons. The lowest BCUT2D eigenvalue weighted by atomic mass is 9.95. The van der Waals surface area contributed by atoms with E-state index in [9.17, 15) is 14.7 Å². The number of aliphatic hydroxyl groups excluding tert-OH is 1. The maximum atomic E-state index is 13.1. The van der Waals surface area contributed by atoms with Crippen molar-refractivity contribution >= 4 is 29.0 Å². The largest absolute Gasteiger partial charge is 0.503 e. The molecule has 1 N–H and O–H groups in total. The van der Waals surface area contributed by atoms with E-state index in [-0.39, 0.29) is 17.3 Å². The Morgan fingerprint density at radius 1 is 1.11 bits per heavy atom. The van der Waals surface area contributed by atoms with E-state index < -0.39 is 17.7 Å². The number of benzene rings is 1. The van der Waals surface area contributed by atoms with Crippen molar-refractivity contribution in [1.29, 1.82) is 0 Å². The highest BCUT2D eigenvalue weighted by atomic mass is 32.1. The van der Waals surface area contributed by atoms with Crippen molar-refractivity contribution in [1.82, 2.24) is 9.97 Å². The van der Waals surface area contributed by atoms with Crippen LogP contribution in [0.4, 0.5) is 5.95 Å². The molecule has 3 heterocycles. The van der Waals surface area contributed by atoms with Crippen LogP contribution >= 0.6 is 11.3 Å². The van der Waals surface area contributed by atoms with Crippen LogP contribution in [0.3, 0.4) is 0 Å². The summed E-state index contributed by atoms with van der Waals surface area (Å²) in [6.45, 7) is 1.95. The molecule has 1 unspecified atom stereocenters. The average molecular weight is 377 g/mol. The van der Waals surface area contributed by atoms with Crippen molar-refractivity contribution in [2.75, 3.05) is 4.90 Å². The second-order valence-electron chi connectivity index (χ2n) is 6.11. The van der Waals surface area contributed by atoms with Gasteiger partial charge in [-0.05, 0) is 30.0 Å². The van der Waals surface area contributed by atoms with Crippen LogP contribution in [-0.4, -0.2) is 26.8 Å². The van der Waals surface area contributed by atoms with Gasteiger partial charge in [-0.2, -0.15) is 0 Å². The molecule has 1 aromatic carbocycles. The van der Waals surface area contributed by atoms with Gasteiger partial charge in [0.15, 0.2) is 5.76 Å². The van der Waals surface area contributed by atoms with E-state index in [2.05, 4.69) is 9.97 Å². The fourth-order valence-electron chi connectivity index (χ4n) is 3.06. The van der Waals surface area contributed by atoms with E-state index >= 15 is 0 Å². The summed E-state index contributed by atoms with van der Waals surface area (Å²) in [5, 5.41) is 12.3. The molecule has 1 amide bonds. The zero-order valence-corrected chi connectivity index (χ0v) is 15.2. The Kier molecular flexibility index (Phi) is 4.29. The summed E-state index contributed by atoms with van der Waals surface area (Å²) in [6.07, 6.45) is 3.02. The van der Waals surface area contributed by atoms with E-state index in [0.29, 0.717) is 10.4 Å². The van der Waals surface area contributed by atoms with Crippen LogP contribution < -0.4 is 4.90 Å². The molecule has 3 aromatic rings. The van der Waals surface area contributed by atoms with Crippen molar-refractivity contribution in [3.05, 3.63) is 87.6 Å². The van der Waals surface area contributed by atoms with E-state index in [1.165, 1.54) is 28.6 Å². The maximum absolute atomic E-state index is 13.1. The van der Waals surface area contributed by atoms with Crippen LogP contribution in [0.15, 0.2) is 71.6 Å². The number of carbonyl (C=O) groups is 2. The van der Waals surface area contributed by atoms with Crippen molar-refractivity contribution < 1.29 is 14.7 Å². The minimum Gasteiger partial charge on any atom is -0.503 e. The van der Waals surface area contributed by atoms with Gasteiger partial charge in [0.1, 0.15) is 0 Å². The van der Waals surface area contributed by atoms with Crippen molar-refractivity contribution in [2.45, 2.75) is 13.0 Å². The number of nitrogens with zero attached hydrogens (tertiary/aromatic N) is 3. The monoisotopic (exact) mass is 377 g/mol. The van der Waals surface area contributed by atoms with Gasteiger partial charge in [0.2, 0.25) is 11.7 Å². The topological polar surface area (TPSA) is 83.4 Å². The lowest BCUT2D eigenvalue weighted by Crippen LogP contribution is -2.32. The predicted octanol–water partition coefficient (Wildman–Crippen LogP) is 3.63. The molecule has 1 atom stereocenters. The van der Waals surface area contributed by atoms with Crippen LogP contribution in [-0.2, 0) is 4.79 Å². The van der Waals surface area contributed by atoms with Crippen molar-refractivity contribution in [3.8, 4) is 0 Å². The van der Waals surface area contributed by atoms with E-state index in [0.717, 1.165) is 5.56 Å². The Morgan fingerprint density at radius 3 is 2.44 bits per heavy atom. The molecule has 2 aromatic heterocycles. The number of carbonyl (C=O) groups excluding carboxylic acids is 2. The number of thiophene rings is 1. The molecular formula is C20H15N3O3S. The zero-order chi connectivity index (χ0) is 19.0. The summed E-state index contributed by atoms with van der Waals surface area (Å²) in [6, 6.07) is 11.7. The van der Waals surface area contributed by atoms with Crippen LogP contribution in [0, 0.1) is 6.92 Å². The van der Waals surface area contributed by atoms with Gasteiger partial charge in [0, 0.05) is 12.4 Å². The minimum atomic E-state index is -0.796. The normalized spacial score (nSPS) is 16.9. The van der Waals surface area contributed by atoms with E-state index in [1.54, 1.807) is 23.6 Å². The summed E-state index contributed by atoms with van der Waals surface area (Å²) >= 11 is 1.26. The molecule has 7 heteroatoms. The SMILES string of the molecule is Cc1ccc(C2C(C(=O)c3cccs3)=C(O)C(=O)N2c2ncccn2)cc1.